The molecule has 0 aliphatic rings. The number of ether oxygens (including phenoxy) is 1. The number of hydrogen-bond acceptors (Lipinski definition) is 4. The number of allylic oxidation sites excluding steroid dienone is 2. The fourth-order valence-corrected chi connectivity index (χ4v) is 1.76. The maximum Gasteiger partial charge on any atom is 0.175 e. The maximum atomic E-state index is 11.0. The van der Waals surface area contributed by atoms with Crippen LogP contribution in [0.1, 0.15) is 35.3 Å². The molecule has 0 atom stereocenters. The van der Waals surface area contributed by atoms with Crippen LogP contribution < -0.4 is 4.74 Å². The Balaban J connectivity index is 3.49. The second-order valence-corrected chi connectivity index (χ2v) is 4.35. The van der Waals surface area contributed by atoms with E-state index in [1.54, 1.807) is 6.92 Å². The normalized spacial score (nSPS) is 10.0. The highest BCUT2D eigenvalue weighted by molar-refractivity contribution is 5.87. The first-order chi connectivity index (χ1) is 8.43. The molecule has 0 aliphatic heterocycles. The number of rotatable bonds is 4. The summed E-state index contributed by atoms with van der Waals surface area (Å²) in [5, 5.41) is 20.0. The number of methoxy groups -OCH3 is 1. The van der Waals surface area contributed by atoms with Gasteiger partial charge in [-0.1, -0.05) is 11.6 Å². The van der Waals surface area contributed by atoms with E-state index in [-0.39, 0.29) is 22.8 Å². The van der Waals surface area contributed by atoms with Crippen LogP contribution in [0.15, 0.2) is 11.6 Å². The minimum absolute atomic E-state index is 0.0148. The molecule has 0 spiro atoms. The van der Waals surface area contributed by atoms with E-state index in [0.717, 1.165) is 5.57 Å². The third kappa shape index (κ3) is 2.47. The summed E-state index contributed by atoms with van der Waals surface area (Å²) in [4.78, 5) is 11.0. The van der Waals surface area contributed by atoms with Gasteiger partial charge < -0.3 is 14.9 Å². The van der Waals surface area contributed by atoms with Crippen molar-refractivity contribution in [3.05, 3.63) is 28.3 Å². The van der Waals surface area contributed by atoms with Gasteiger partial charge in [-0.15, -0.1) is 0 Å². The van der Waals surface area contributed by atoms with E-state index in [1.165, 1.54) is 7.11 Å². The van der Waals surface area contributed by atoms with Crippen LogP contribution in [0, 0.1) is 6.92 Å². The summed E-state index contributed by atoms with van der Waals surface area (Å²) in [5.41, 5.74) is 2.14. The standard InChI is InChI=1S/C14H18O4/c1-8(2)5-6-10-9(3)12(16)14(18-4)11(7-15)13(10)17/h5,7,16-17H,6H2,1-4H3. The molecule has 1 aromatic carbocycles. The first-order valence-corrected chi connectivity index (χ1v) is 5.63. The third-order valence-corrected chi connectivity index (χ3v) is 2.84. The van der Waals surface area contributed by atoms with Gasteiger partial charge in [0.15, 0.2) is 17.8 Å². The summed E-state index contributed by atoms with van der Waals surface area (Å²) >= 11 is 0. The van der Waals surface area contributed by atoms with Crippen LogP contribution in [-0.2, 0) is 6.42 Å². The number of benzene rings is 1. The molecule has 4 nitrogen and oxygen atoms in total. The molecule has 0 unspecified atom stereocenters. The van der Waals surface area contributed by atoms with Gasteiger partial charge in [0.2, 0.25) is 0 Å². The molecule has 0 heterocycles. The van der Waals surface area contributed by atoms with E-state index in [1.807, 2.05) is 19.9 Å². The molecule has 2 N–H and O–H groups in total. The van der Waals surface area contributed by atoms with E-state index in [0.29, 0.717) is 23.8 Å². The molecule has 0 radical (unpaired) electrons. The number of carbonyl (C=O) groups excluding carboxylic acids is 1. The Morgan fingerprint density at radius 2 is 1.89 bits per heavy atom. The van der Waals surface area contributed by atoms with Gasteiger partial charge >= 0.3 is 0 Å². The van der Waals surface area contributed by atoms with Crippen LogP contribution in [0.4, 0.5) is 0 Å². The van der Waals surface area contributed by atoms with Crippen molar-refractivity contribution in [1.29, 1.82) is 0 Å². The molecule has 0 fully saturated rings. The van der Waals surface area contributed by atoms with Crippen LogP contribution in [0.5, 0.6) is 17.2 Å². The third-order valence-electron chi connectivity index (χ3n) is 2.84. The lowest BCUT2D eigenvalue weighted by molar-refractivity contribution is 0.111. The Kier molecular flexibility index (Phi) is 4.37. The summed E-state index contributed by atoms with van der Waals surface area (Å²) in [6.07, 6.45) is 2.86. The van der Waals surface area contributed by atoms with E-state index in [9.17, 15) is 15.0 Å². The Morgan fingerprint density at radius 1 is 1.28 bits per heavy atom. The van der Waals surface area contributed by atoms with Crippen molar-refractivity contribution in [3.63, 3.8) is 0 Å². The van der Waals surface area contributed by atoms with Crippen molar-refractivity contribution in [2.75, 3.05) is 7.11 Å². The summed E-state index contributed by atoms with van der Waals surface area (Å²) in [7, 11) is 1.34. The molecular formula is C14H18O4. The highest BCUT2D eigenvalue weighted by atomic mass is 16.5. The van der Waals surface area contributed by atoms with Crippen LogP contribution in [0.3, 0.4) is 0 Å². The van der Waals surface area contributed by atoms with Gasteiger partial charge in [0.05, 0.1) is 7.11 Å². The van der Waals surface area contributed by atoms with Crippen molar-refractivity contribution in [3.8, 4) is 17.2 Å². The largest absolute Gasteiger partial charge is 0.507 e. The molecule has 0 aliphatic carbocycles. The van der Waals surface area contributed by atoms with E-state index in [2.05, 4.69) is 0 Å². The first kappa shape index (κ1) is 14.1. The second kappa shape index (κ2) is 5.58. The number of aldehydes is 1. The van der Waals surface area contributed by atoms with Crippen LogP contribution in [0.25, 0.3) is 0 Å². The predicted molar refractivity (Wildman–Crippen MR) is 69.6 cm³/mol. The van der Waals surface area contributed by atoms with Crippen molar-refractivity contribution in [1.82, 2.24) is 0 Å². The number of phenolic OH excluding ortho intramolecular Hbond substituents is 2. The van der Waals surface area contributed by atoms with Gasteiger partial charge in [-0.05, 0) is 27.2 Å². The monoisotopic (exact) mass is 250 g/mol. The smallest absolute Gasteiger partial charge is 0.175 e. The molecule has 0 saturated carbocycles. The number of hydrogen-bond donors (Lipinski definition) is 2. The zero-order valence-electron chi connectivity index (χ0n) is 11.1. The Labute approximate surface area is 107 Å². The van der Waals surface area contributed by atoms with Gasteiger partial charge in [-0.2, -0.15) is 0 Å². The van der Waals surface area contributed by atoms with Crippen molar-refractivity contribution in [2.24, 2.45) is 0 Å². The molecule has 0 bridgehead atoms. The molecule has 4 heteroatoms. The van der Waals surface area contributed by atoms with E-state index >= 15 is 0 Å². The fraction of sp³-hybridized carbons (Fsp3) is 0.357. The number of carbonyl (C=O) groups is 1. The SMILES string of the molecule is COc1c(O)c(C)c(CC=C(C)C)c(O)c1C=O. The predicted octanol–water partition coefficient (Wildman–Crippen LogP) is 2.74. The topological polar surface area (TPSA) is 66.8 Å². The van der Waals surface area contributed by atoms with Crippen molar-refractivity contribution in [2.45, 2.75) is 27.2 Å². The summed E-state index contributed by atoms with van der Waals surface area (Å²) in [5.74, 6) is -0.217. The zero-order valence-corrected chi connectivity index (χ0v) is 11.1. The van der Waals surface area contributed by atoms with Gasteiger partial charge in [0, 0.05) is 11.1 Å². The quantitative estimate of drug-likeness (QED) is 0.490. The zero-order chi connectivity index (χ0) is 13.9. The lowest BCUT2D eigenvalue weighted by Gasteiger charge is -2.15. The van der Waals surface area contributed by atoms with Gasteiger partial charge in [0.1, 0.15) is 11.3 Å². The molecule has 0 aromatic heterocycles. The lowest BCUT2D eigenvalue weighted by atomic mass is 9.98. The minimum atomic E-state index is -0.130. The van der Waals surface area contributed by atoms with Crippen LogP contribution >= 0.6 is 0 Å². The molecule has 18 heavy (non-hydrogen) atoms. The van der Waals surface area contributed by atoms with Crippen LogP contribution in [0.2, 0.25) is 0 Å². The second-order valence-electron chi connectivity index (χ2n) is 4.35. The highest BCUT2D eigenvalue weighted by Crippen LogP contribution is 2.42. The first-order valence-electron chi connectivity index (χ1n) is 5.63. The Bertz CT molecular complexity index is 497. The minimum Gasteiger partial charge on any atom is -0.507 e. The highest BCUT2D eigenvalue weighted by Gasteiger charge is 2.21. The summed E-state index contributed by atoms with van der Waals surface area (Å²) < 4.78 is 4.95. The molecule has 1 aromatic rings. The molecule has 0 saturated heterocycles. The van der Waals surface area contributed by atoms with Gasteiger partial charge in [0.25, 0.3) is 0 Å². The van der Waals surface area contributed by atoms with E-state index < -0.39 is 0 Å². The average Bonchev–Trinajstić information content (AvgIpc) is 2.32. The molecular weight excluding hydrogens is 232 g/mol. The number of aromatic hydroxyl groups is 2. The molecule has 1 rings (SSSR count). The summed E-state index contributed by atoms with van der Waals surface area (Å²) in [6, 6.07) is 0. The van der Waals surface area contributed by atoms with Crippen molar-refractivity contribution >= 4 is 6.29 Å². The lowest BCUT2D eigenvalue weighted by Crippen LogP contribution is -1.99. The maximum absolute atomic E-state index is 11.0. The van der Waals surface area contributed by atoms with Gasteiger partial charge in [-0.25, -0.2) is 0 Å². The molecule has 0 amide bonds. The van der Waals surface area contributed by atoms with Crippen LogP contribution in [-0.4, -0.2) is 23.6 Å². The number of phenols is 2. The fourth-order valence-electron chi connectivity index (χ4n) is 1.76. The molecule has 98 valence electrons. The Morgan fingerprint density at radius 3 is 2.33 bits per heavy atom. The average molecular weight is 250 g/mol. The summed E-state index contributed by atoms with van der Waals surface area (Å²) in [6.45, 7) is 5.56. The van der Waals surface area contributed by atoms with Crippen molar-refractivity contribution < 1.29 is 19.7 Å². The van der Waals surface area contributed by atoms with Gasteiger partial charge in [-0.3, -0.25) is 4.79 Å². The van der Waals surface area contributed by atoms with E-state index in [4.69, 9.17) is 4.74 Å². The Hall–Kier alpha value is -1.97.